The number of hydrogen-bond donors (Lipinski definition) is 1. The quantitative estimate of drug-likeness (QED) is 0.346. The lowest BCUT2D eigenvalue weighted by molar-refractivity contribution is -0.116. The van der Waals surface area contributed by atoms with Crippen molar-refractivity contribution in [1.82, 2.24) is 0 Å². The highest BCUT2D eigenvalue weighted by molar-refractivity contribution is 6.35. The zero-order valence-electron chi connectivity index (χ0n) is 22.1. The van der Waals surface area contributed by atoms with Crippen molar-refractivity contribution in [2.24, 2.45) is 5.73 Å². The van der Waals surface area contributed by atoms with Crippen molar-refractivity contribution < 1.29 is 9.53 Å². The minimum absolute atomic E-state index is 0.0259. The maximum atomic E-state index is 13.6. The van der Waals surface area contributed by atoms with Gasteiger partial charge in [0.05, 0.1) is 23.2 Å². The van der Waals surface area contributed by atoms with Crippen LogP contribution in [0.3, 0.4) is 0 Å². The molecule has 1 unspecified atom stereocenters. The first-order chi connectivity index (χ1) is 18.7. The van der Waals surface area contributed by atoms with Crippen molar-refractivity contribution in [2.45, 2.75) is 52.6 Å². The molecule has 3 aromatic rings. The fourth-order valence-corrected chi connectivity index (χ4v) is 6.08. The second-order valence-electron chi connectivity index (χ2n) is 10.2. The van der Waals surface area contributed by atoms with Crippen LogP contribution in [-0.4, -0.2) is 5.78 Å². The largest absolute Gasteiger partial charge is 0.489 e. The van der Waals surface area contributed by atoms with Gasteiger partial charge in [0.2, 0.25) is 0 Å². The van der Waals surface area contributed by atoms with Gasteiger partial charge >= 0.3 is 0 Å². The van der Waals surface area contributed by atoms with Gasteiger partial charge in [0.15, 0.2) is 5.78 Å². The molecule has 0 amide bonds. The molecular formula is C32H29Cl2N3O2. The van der Waals surface area contributed by atoms with Crippen molar-refractivity contribution >= 4 is 34.7 Å². The number of benzene rings is 3. The maximum Gasteiger partial charge on any atom is 0.161 e. The van der Waals surface area contributed by atoms with E-state index in [0.29, 0.717) is 52.7 Å². The van der Waals surface area contributed by atoms with Gasteiger partial charge < -0.3 is 10.5 Å². The number of anilines is 1. The van der Waals surface area contributed by atoms with E-state index in [2.05, 4.69) is 18.2 Å². The number of aryl methyl sites for hydroxylation is 2. The Hall–Kier alpha value is -3.72. The molecule has 0 fully saturated rings. The van der Waals surface area contributed by atoms with Crippen LogP contribution in [0, 0.1) is 32.1 Å². The highest BCUT2D eigenvalue weighted by Gasteiger charge is 2.41. The Kier molecular flexibility index (Phi) is 7.44. The average Bonchev–Trinajstić information content (AvgIpc) is 2.89. The van der Waals surface area contributed by atoms with Crippen LogP contribution in [0.1, 0.15) is 53.0 Å². The first-order valence-corrected chi connectivity index (χ1v) is 13.6. The molecule has 5 nitrogen and oxygen atoms in total. The van der Waals surface area contributed by atoms with Gasteiger partial charge in [-0.05, 0) is 80.6 Å². The van der Waals surface area contributed by atoms with Crippen molar-refractivity contribution in [3.8, 4) is 11.8 Å². The number of carbonyl (C=O) groups excluding carboxylic acids is 1. The second kappa shape index (κ2) is 10.8. The minimum Gasteiger partial charge on any atom is -0.489 e. The molecule has 0 spiro atoms. The van der Waals surface area contributed by atoms with Gasteiger partial charge in [-0.15, -0.1) is 0 Å². The number of nitrogens with zero attached hydrogens (tertiary/aromatic N) is 2. The molecule has 7 heteroatoms. The van der Waals surface area contributed by atoms with Crippen LogP contribution in [0.4, 0.5) is 5.69 Å². The van der Waals surface area contributed by atoms with E-state index in [-0.39, 0.29) is 11.6 Å². The Balaban J connectivity index is 1.64. The van der Waals surface area contributed by atoms with Crippen LogP contribution in [0.2, 0.25) is 10.0 Å². The fraction of sp³-hybridized carbons (Fsp3) is 0.250. The number of Topliss-reactive ketones (excluding diaryl/α,β-unsaturated/α-hetero) is 1. The monoisotopic (exact) mass is 557 g/mol. The molecule has 3 aromatic carbocycles. The molecule has 1 aliphatic carbocycles. The van der Waals surface area contributed by atoms with Crippen LogP contribution < -0.4 is 15.4 Å². The van der Waals surface area contributed by atoms with Gasteiger partial charge in [-0.2, -0.15) is 5.26 Å². The highest BCUT2D eigenvalue weighted by atomic mass is 35.5. The molecule has 0 saturated heterocycles. The van der Waals surface area contributed by atoms with Crippen LogP contribution in [0.25, 0.3) is 0 Å². The number of ketones is 1. The molecule has 1 aliphatic heterocycles. The molecule has 0 saturated carbocycles. The summed E-state index contributed by atoms with van der Waals surface area (Å²) in [5.41, 5.74) is 14.2. The molecule has 1 heterocycles. The number of allylic oxidation sites excluding steroid dienone is 3. The molecule has 0 aromatic heterocycles. The summed E-state index contributed by atoms with van der Waals surface area (Å²) < 4.78 is 6.11. The summed E-state index contributed by atoms with van der Waals surface area (Å²) in [5, 5.41) is 11.3. The van der Waals surface area contributed by atoms with Gasteiger partial charge in [-0.1, -0.05) is 58.6 Å². The Bertz CT molecular complexity index is 1560. The standard InChI is InChI=1S/C32H29Cl2N3O2/c1-18-7-9-25(10-8-18)39-17-21-11-19(2)12-26(20(21)3)30-27(16-35)32(36)37(24-14-22(33)13-23(34)15-24)28-5-4-6-29(38)31(28)30/h7-15,30H,4-6,17,36H2,1-3H3. The molecule has 39 heavy (non-hydrogen) atoms. The minimum atomic E-state index is -0.568. The Morgan fingerprint density at radius 2 is 1.69 bits per heavy atom. The SMILES string of the molecule is Cc1ccc(OCc2cc(C)cc(C3C(C#N)=C(N)N(c4cc(Cl)cc(Cl)c4)C4=C3C(=O)CCC4)c2C)cc1. The van der Waals surface area contributed by atoms with E-state index in [1.807, 2.05) is 45.0 Å². The number of nitriles is 1. The van der Waals surface area contributed by atoms with Crippen LogP contribution >= 0.6 is 23.2 Å². The number of halogens is 2. The summed E-state index contributed by atoms with van der Waals surface area (Å²) in [5.74, 6) is 0.526. The maximum absolute atomic E-state index is 13.6. The lowest BCUT2D eigenvalue weighted by atomic mass is 9.73. The van der Waals surface area contributed by atoms with Gasteiger partial charge in [0, 0.05) is 27.7 Å². The van der Waals surface area contributed by atoms with E-state index < -0.39 is 5.92 Å². The molecule has 0 bridgehead atoms. The van der Waals surface area contributed by atoms with Crippen LogP contribution in [0.5, 0.6) is 5.75 Å². The predicted molar refractivity (Wildman–Crippen MR) is 156 cm³/mol. The summed E-state index contributed by atoms with van der Waals surface area (Å²) in [6, 6.07) is 19.6. The topological polar surface area (TPSA) is 79.3 Å². The van der Waals surface area contributed by atoms with Crippen molar-refractivity contribution in [3.63, 3.8) is 0 Å². The number of ether oxygens (including phenoxy) is 1. The van der Waals surface area contributed by atoms with E-state index >= 15 is 0 Å². The van der Waals surface area contributed by atoms with E-state index in [1.165, 1.54) is 0 Å². The number of rotatable bonds is 5. The van der Waals surface area contributed by atoms with Gasteiger partial charge in [0.25, 0.3) is 0 Å². The molecule has 2 N–H and O–H groups in total. The highest BCUT2D eigenvalue weighted by Crippen LogP contribution is 2.48. The zero-order chi connectivity index (χ0) is 27.8. The lowest BCUT2D eigenvalue weighted by Gasteiger charge is -2.40. The molecule has 5 rings (SSSR count). The summed E-state index contributed by atoms with van der Waals surface area (Å²) >= 11 is 12.7. The molecule has 0 radical (unpaired) electrons. The summed E-state index contributed by atoms with van der Waals surface area (Å²) in [4.78, 5) is 15.4. The van der Waals surface area contributed by atoms with E-state index in [4.69, 9.17) is 33.7 Å². The van der Waals surface area contributed by atoms with Crippen LogP contribution in [-0.2, 0) is 11.4 Å². The first-order valence-electron chi connectivity index (χ1n) is 12.9. The number of nitrogens with two attached hydrogens (primary N) is 1. The molecule has 198 valence electrons. The van der Waals surface area contributed by atoms with Gasteiger partial charge in [-0.25, -0.2) is 0 Å². The van der Waals surface area contributed by atoms with Crippen molar-refractivity contribution in [3.05, 3.63) is 115 Å². The third kappa shape index (κ3) is 5.15. The smallest absolute Gasteiger partial charge is 0.161 e. The first kappa shape index (κ1) is 26.9. The number of carbonyl (C=O) groups is 1. The lowest BCUT2D eigenvalue weighted by Crippen LogP contribution is -2.39. The Morgan fingerprint density at radius 3 is 2.36 bits per heavy atom. The Labute approximate surface area is 239 Å². The van der Waals surface area contributed by atoms with Crippen molar-refractivity contribution in [2.75, 3.05) is 4.90 Å². The van der Waals surface area contributed by atoms with E-state index in [0.717, 1.165) is 39.3 Å². The van der Waals surface area contributed by atoms with Crippen LogP contribution in [0.15, 0.2) is 77.3 Å². The number of hydrogen-bond acceptors (Lipinski definition) is 5. The van der Waals surface area contributed by atoms with Crippen molar-refractivity contribution in [1.29, 1.82) is 5.26 Å². The molecule has 1 atom stereocenters. The Morgan fingerprint density at radius 1 is 1.00 bits per heavy atom. The van der Waals surface area contributed by atoms with E-state index in [1.54, 1.807) is 23.1 Å². The van der Waals surface area contributed by atoms with Gasteiger partial charge in [0.1, 0.15) is 18.2 Å². The third-order valence-corrected chi connectivity index (χ3v) is 7.88. The zero-order valence-corrected chi connectivity index (χ0v) is 23.7. The predicted octanol–water partition coefficient (Wildman–Crippen LogP) is 7.80. The fourth-order valence-electron chi connectivity index (χ4n) is 5.57. The average molecular weight is 559 g/mol. The normalized spacial score (nSPS) is 17.3. The second-order valence-corrected chi connectivity index (χ2v) is 11.1. The summed E-state index contributed by atoms with van der Waals surface area (Å²) in [6.45, 7) is 6.43. The molecule has 2 aliphatic rings. The van der Waals surface area contributed by atoms with E-state index in [9.17, 15) is 10.1 Å². The summed E-state index contributed by atoms with van der Waals surface area (Å²) in [7, 11) is 0. The third-order valence-electron chi connectivity index (χ3n) is 7.44. The summed E-state index contributed by atoms with van der Waals surface area (Å²) in [6.07, 6.45) is 1.77. The van der Waals surface area contributed by atoms with Gasteiger partial charge in [-0.3, -0.25) is 9.69 Å². The molecular weight excluding hydrogens is 529 g/mol.